The van der Waals surface area contributed by atoms with Crippen LogP contribution in [0.1, 0.15) is 82.6 Å². The third-order valence-electron chi connectivity index (χ3n) is 8.40. The molecule has 1 aromatic carbocycles. The number of carbonyl (C=O) groups excluding carboxylic acids is 1. The monoisotopic (exact) mass is 727 g/mol. The summed E-state index contributed by atoms with van der Waals surface area (Å²) in [6.07, 6.45) is 5.91. The summed E-state index contributed by atoms with van der Waals surface area (Å²) in [6.45, 7) is 14.1. The van der Waals surface area contributed by atoms with Gasteiger partial charge in [0.15, 0.2) is 0 Å². The predicted molar refractivity (Wildman–Crippen MR) is 200 cm³/mol. The first-order valence-corrected chi connectivity index (χ1v) is 18.1. The van der Waals surface area contributed by atoms with Gasteiger partial charge in [0.1, 0.15) is 4.75 Å². The fourth-order valence-electron chi connectivity index (χ4n) is 5.53. The van der Waals surface area contributed by atoms with Gasteiger partial charge in [-0.25, -0.2) is 9.97 Å². The number of methoxy groups -OCH3 is 2. The molecule has 4 unspecified atom stereocenters. The van der Waals surface area contributed by atoms with E-state index in [1.807, 2.05) is 108 Å². The molecule has 264 valence electrons. The number of ether oxygens (including phenoxy) is 2. The summed E-state index contributed by atoms with van der Waals surface area (Å²) in [7, 11) is 3.15. The van der Waals surface area contributed by atoms with Gasteiger partial charge in [-0.15, -0.1) is 16.3 Å². The van der Waals surface area contributed by atoms with E-state index < -0.39 is 26.9 Å². The number of pyridine rings is 2. The van der Waals surface area contributed by atoms with E-state index in [0.717, 1.165) is 22.3 Å². The fourth-order valence-corrected chi connectivity index (χ4v) is 7.06. The van der Waals surface area contributed by atoms with Crippen LogP contribution in [0.25, 0.3) is 5.57 Å². The predicted octanol–water partition coefficient (Wildman–Crippen LogP) is 6.81. The lowest BCUT2D eigenvalue weighted by molar-refractivity contribution is -0.119. The number of aromatic nitrogens is 2. The number of nitrogens with one attached hydrogen (secondary N) is 3. The maximum atomic E-state index is 12.9. The average Bonchev–Trinajstić information content (AvgIpc) is 3.06. The van der Waals surface area contributed by atoms with Gasteiger partial charge in [0.25, 0.3) is 0 Å². The quantitative estimate of drug-likeness (QED) is 0.130. The van der Waals surface area contributed by atoms with Crippen LogP contribution in [0.4, 0.5) is 0 Å². The molecule has 0 bridgehead atoms. The summed E-state index contributed by atoms with van der Waals surface area (Å²) >= 11 is 13.0. The second-order valence-corrected chi connectivity index (χ2v) is 16.6. The Morgan fingerprint density at radius 3 is 2.27 bits per heavy atom. The van der Waals surface area contributed by atoms with Crippen LogP contribution < -0.4 is 24.8 Å². The number of hydrogen-bond donors (Lipinski definition) is 3. The van der Waals surface area contributed by atoms with E-state index in [1.165, 1.54) is 6.92 Å². The normalized spacial score (nSPS) is 19.2. The van der Waals surface area contributed by atoms with Gasteiger partial charge in [-0.3, -0.25) is 4.79 Å². The zero-order chi connectivity index (χ0) is 36.1. The third kappa shape index (κ3) is 8.79. The van der Waals surface area contributed by atoms with E-state index >= 15 is 0 Å². The van der Waals surface area contributed by atoms with Crippen LogP contribution in [0.5, 0.6) is 11.8 Å². The van der Waals surface area contributed by atoms with Gasteiger partial charge in [-0.2, -0.15) is 0 Å². The van der Waals surface area contributed by atoms with Crippen molar-refractivity contribution in [3.63, 3.8) is 0 Å². The highest BCUT2D eigenvalue weighted by atomic mass is 35.5. The number of rotatable bonds is 13. The van der Waals surface area contributed by atoms with Crippen molar-refractivity contribution in [2.24, 2.45) is 0 Å². The van der Waals surface area contributed by atoms with Gasteiger partial charge in [-0.05, 0) is 70.9 Å². The summed E-state index contributed by atoms with van der Waals surface area (Å²) in [6, 6.07) is 15.0. The van der Waals surface area contributed by atoms with Crippen LogP contribution in [0.2, 0.25) is 5.02 Å². The van der Waals surface area contributed by atoms with E-state index in [0.29, 0.717) is 41.3 Å². The number of amides is 1. The first-order valence-electron chi connectivity index (χ1n) is 16.1. The maximum absolute atomic E-state index is 12.9. The molecule has 0 spiro atoms. The zero-order valence-corrected chi connectivity index (χ0v) is 31.9. The largest absolute Gasteiger partial charge is 0.598 e. The molecule has 1 aliphatic rings. The van der Waals surface area contributed by atoms with Gasteiger partial charge in [-0.1, -0.05) is 60.2 Å². The standard InChI is InChI=1S/C37H47Cl2N5O4S/c1-23(44-49(46)35(3,4)5)26-17-19-31(43-34(26)48-9)37(20-12-14-28(32(37)39)27-13-10-11-15-29(27)38)30-18-16-25(33(42-30)47-8)21-41-36(6,7)22-40-24(2)45/h10-20,23,32,41,44H,21-22H2,1-9H3,(H,40,45). The average molecular weight is 729 g/mol. The molecule has 2 heterocycles. The minimum Gasteiger partial charge on any atom is -0.598 e. The van der Waals surface area contributed by atoms with Crippen molar-refractivity contribution in [1.29, 1.82) is 0 Å². The van der Waals surface area contributed by atoms with Gasteiger partial charge in [0.2, 0.25) is 17.7 Å². The maximum Gasteiger partial charge on any atom is 0.218 e. The Balaban J connectivity index is 1.83. The van der Waals surface area contributed by atoms with Crippen molar-refractivity contribution in [2.75, 3.05) is 20.8 Å². The number of alkyl halides is 1. The smallest absolute Gasteiger partial charge is 0.218 e. The molecule has 12 heteroatoms. The van der Waals surface area contributed by atoms with Crippen LogP contribution in [0.3, 0.4) is 0 Å². The number of benzene rings is 1. The fraction of sp³-hybridized carbons (Fsp3) is 0.432. The lowest BCUT2D eigenvalue weighted by Gasteiger charge is -2.38. The van der Waals surface area contributed by atoms with Crippen molar-refractivity contribution in [1.82, 2.24) is 25.3 Å². The molecule has 0 radical (unpaired) electrons. The lowest BCUT2D eigenvalue weighted by Crippen LogP contribution is -2.48. The number of carbonyl (C=O) groups is 1. The van der Waals surface area contributed by atoms with Gasteiger partial charge in [0, 0.05) is 53.1 Å². The van der Waals surface area contributed by atoms with E-state index in [4.69, 9.17) is 42.6 Å². The van der Waals surface area contributed by atoms with E-state index in [9.17, 15) is 9.35 Å². The highest BCUT2D eigenvalue weighted by Gasteiger charge is 2.46. The lowest BCUT2D eigenvalue weighted by atomic mass is 9.70. The van der Waals surface area contributed by atoms with Crippen LogP contribution >= 0.6 is 23.2 Å². The molecule has 3 aromatic rings. The number of hydrogen-bond acceptors (Lipinski definition) is 8. The van der Waals surface area contributed by atoms with Gasteiger partial charge < -0.3 is 24.7 Å². The highest BCUT2D eigenvalue weighted by Crippen LogP contribution is 2.48. The van der Waals surface area contributed by atoms with E-state index in [2.05, 4.69) is 15.4 Å². The second-order valence-electron chi connectivity index (χ2n) is 13.7. The molecular formula is C37H47Cl2N5O4S. The molecule has 0 fully saturated rings. The number of halogens is 2. The summed E-state index contributed by atoms with van der Waals surface area (Å²) in [5.74, 6) is 0.717. The van der Waals surface area contributed by atoms with Gasteiger partial charge >= 0.3 is 0 Å². The van der Waals surface area contributed by atoms with Crippen LogP contribution in [-0.4, -0.2) is 56.9 Å². The van der Waals surface area contributed by atoms with E-state index in [-0.39, 0.29) is 17.5 Å². The third-order valence-corrected chi connectivity index (χ3v) is 11.0. The summed E-state index contributed by atoms with van der Waals surface area (Å²) in [5.41, 5.74) is 2.94. The minimum absolute atomic E-state index is 0.0889. The summed E-state index contributed by atoms with van der Waals surface area (Å²) < 4.78 is 27.4. The molecule has 4 atom stereocenters. The van der Waals surface area contributed by atoms with Crippen molar-refractivity contribution in [3.05, 3.63) is 99.9 Å². The molecule has 0 saturated carbocycles. The Morgan fingerprint density at radius 1 is 1.02 bits per heavy atom. The molecular weight excluding hydrogens is 681 g/mol. The van der Waals surface area contributed by atoms with E-state index in [1.54, 1.807) is 14.2 Å². The SMILES string of the molecule is COc1nc(C2(c3ccc(C(C)N[S+]([O-])C(C)(C)C)c(OC)n3)C=CC=C(c3ccccc3Cl)C2Cl)ccc1CNC(C)(C)CNC(C)=O. The molecule has 0 aliphatic heterocycles. The Hall–Kier alpha value is -3.12. The molecule has 4 rings (SSSR count). The Kier molecular flexibility index (Phi) is 12.5. The van der Waals surface area contributed by atoms with Crippen molar-refractivity contribution in [2.45, 2.75) is 82.1 Å². The summed E-state index contributed by atoms with van der Waals surface area (Å²) in [5, 5.41) is 6.24. The second kappa shape index (κ2) is 15.8. The topological polar surface area (TPSA) is 120 Å². The zero-order valence-electron chi connectivity index (χ0n) is 29.6. The Bertz CT molecular complexity index is 1710. The van der Waals surface area contributed by atoms with Crippen molar-refractivity contribution >= 4 is 46.0 Å². The number of nitrogens with zero attached hydrogens (tertiary/aromatic N) is 2. The first-order chi connectivity index (χ1) is 23.0. The van der Waals surface area contributed by atoms with Crippen LogP contribution in [0.15, 0.2) is 66.8 Å². The molecule has 3 N–H and O–H groups in total. The number of allylic oxidation sites excluding steroid dienone is 4. The molecule has 49 heavy (non-hydrogen) atoms. The highest BCUT2D eigenvalue weighted by molar-refractivity contribution is 7.90. The van der Waals surface area contributed by atoms with Crippen molar-refractivity contribution < 1.29 is 18.8 Å². The van der Waals surface area contributed by atoms with Crippen LogP contribution in [0, 0.1) is 0 Å². The Morgan fingerprint density at radius 2 is 1.65 bits per heavy atom. The first kappa shape index (κ1) is 38.7. The molecule has 2 aromatic heterocycles. The summed E-state index contributed by atoms with van der Waals surface area (Å²) in [4.78, 5) is 21.6. The molecule has 9 nitrogen and oxygen atoms in total. The Labute approximate surface area is 303 Å². The van der Waals surface area contributed by atoms with Crippen molar-refractivity contribution in [3.8, 4) is 11.8 Å². The molecule has 0 saturated heterocycles. The molecule has 1 amide bonds. The minimum atomic E-state index is -1.31. The van der Waals surface area contributed by atoms with Crippen LogP contribution in [-0.2, 0) is 28.1 Å². The molecule has 1 aliphatic carbocycles. The van der Waals surface area contributed by atoms with Gasteiger partial charge in [0.05, 0.1) is 42.4 Å².